The number of nitrogens with one attached hydrogen (secondary N) is 1. The summed E-state index contributed by atoms with van der Waals surface area (Å²) in [5, 5.41) is 1.22. The van der Waals surface area contributed by atoms with Gasteiger partial charge in [-0.25, -0.2) is 4.98 Å². The van der Waals surface area contributed by atoms with Crippen LogP contribution in [0.3, 0.4) is 0 Å². The average Bonchev–Trinajstić information content (AvgIpc) is 2.64. The van der Waals surface area contributed by atoms with Crippen molar-refractivity contribution >= 4 is 11.0 Å². The van der Waals surface area contributed by atoms with Crippen molar-refractivity contribution in [2.24, 2.45) is 0 Å². The number of aromatic amines is 1. The van der Waals surface area contributed by atoms with Gasteiger partial charge in [0.05, 0.1) is 0 Å². The lowest BCUT2D eigenvalue weighted by molar-refractivity contribution is 0.404. The predicted octanol–water partition coefficient (Wildman–Crippen LogP) is 2.65. The molecule has 1 N–H and O–H groups in total. The molecule has 0 unspecified atom stereocenters. The number of aromatic nitrogens is 2. The third-order valence-electron chi connectivity index (χ3n) is 2.02. The van der Waals surface area contributed by atoms with E-state index in [0.29, 0.717) is 0 Å². The number of nitrogens with zero attached hydrogens (tertiary/aromatic N) is 2. The monoisotopic (exact) mass is 205 g/mol. The molecule has 0 fully saturated rings. The third-order valence-corrected chi connectivity index (χ3v) is 2.02. The number of rotatable bonds is 2. The van der Waals surface area contributed by atoms with E-state index in [0.717, 1.165) is 12.2 Å². The minimum Gasteiger partial charge on any atom is -0.346 e. The highest BCUT2D eigenvalue weighted by Crippen LogP contribution is 2.16. The number of fused-ring (bicyclic) bond motifs is 1. The highest BCUT2D eigenvalue weighted by Gasteiger charge is 2.03. The maximum absolute atomic E-state index is 4.24. The number of H-pyrrole nitrogens is 1. The van der Waals surface area contributed by atoms with Gasteiger partial charge in [0.2, 0.25) is 0 Å². The van der Waals surface area contributed by atoms with Crippen LogP contribution < -0.4 is 0 Å². The van der Waals surface area contributed by atoms with Crippen molar-refractivity contribution in [2.75, 3.05) is 14.1 Å². The Bertz CT molecular complexity index is 404. The van der Waals surface area contributed by atoms with Crippen molar-refractivity contribution in [1.29, 1.82) is 0 Å². The lowest BCUT2D eigenvalue weighted by Gasteiger charge is -2.07. The summed E-state index contributed by atoms with van der Waals surface area (Å²) in [6.07, 6.45) is 3.83. The number of pyridine rings is 1. The third kappa shape index (κ3) is 2.80. The van der Waals surface area contributed by atoms with Crippen LogP contribution in [0.4, 0.5) is 0 Å². The topological polar surface area (TPSA) is 31.9 Å². The molecule has 3 nitrogen and oxygen atoms in total. The maximum atomic E-state index is 4.24. The molecular weight excluding hydrogens is 186 g/mol. The van der Waals surface area contributed by atoms with Gasteiger partial charge in [-0.15, -0.1) is 0 Å². The van der Waals surface area contributed by atoms with Crippen molar-refractivity contribution < 1.29 is 0 Å². The van der Waals surface area contributed by atoms with E-state index in [4.69, 9.17) is 0 Å². The molecule has 0 saturated carbocycles. The molecule has 0 atom stereocenters. The van der Waals surface area contributed by atoms with Crippen LogP contribution in [0.15, 0.2) is 24.5 Å². The molecule has 0 amide bonds. The molecule has 2 rings (SSSR count). The second-order valence-corrected chi connectivity index (χ2v) is 3.45. The van der Waals surface area contributed by atoms with Crippen LogP contribution in [0.2, 0.25) is 0 Å². The average molecular weight is 205 g/mol. The molecule has 15 heavy (non-hydrogen) atoms. The zero-order chi connectivity index (χ0) is 11.3. The van der Waals surface area contributed by atoms with E-state index >= 15 is 0 Å². The Balaban J connectivity index is 0.000000531. The van der Waals surface area contributed by atoms with Gasteiger partial charge in [0.1, 0.15) is 5.65 Å². The van der Waals surface area contributed by atoms with Crippen molar-refractivity contribution in [1.82, 2.24) is 14.9 Å². The molecular formula is C12H19N3. The lowest BCUT2D eigenvalue weighted by atomic mass is 10.2. The molecule has 0 spiro atoms. The van der Waals surface area contributed by atoms with Crippen molar-refractivity contribution in [3.8, 4) is 0 Å². The molecule has 82 valence electrons. The van der Waals surface area contributed by atoms with Gasteiger partial charge in [-0.3, -0.25) is 0 Å². The lowest BCUT2D eigenvalue weighted by Crippen LogP contribution is -2.09. The molecule has 0 radical (unpaired) electrons. The van der Waals surface area contributed by atoms with Gasteiger partial charge in [0.25, 0.3) is 0 Å². The summed E-state index contributed by atoms with van der Waals surface area (Å²) in [6, 6.07) is 4.06. The minimum absolute atomic E-state index is 0.950. The highest BCUT2D eigenvalue weighted by molar-refractivity contribution is 5.79. The summed E-state index contributed by atoms with van der Waals surface area (Å²) in [6.45, 7) is 4.95. The Hall–Kier alpha value is -1.35. The van der Waals surface area contributed by atoms with Crippen LogP contribution in [0.1, 0.15) is 19.4 Å². The Morgan fingerprint density at radius 3 is 2.73 bits per heavy atom. The van der Waals surface area contributed by atoms with Crippen LogP contribution in [-0.4, -0.2) is 29.0 Å². The summed E-state index contributed by atoms with van der Waals surface area (Å²) in [7, 11) is 4.13. The van der Waals surface area contributed by atoms with E-state index in [9.17, 15) is 0 Å². The number of hydrogen-bond acceptors (Lipinski definition) is 2. The standard InChI is InChI=1S/C10H13N3.C2H6/c1-13(2)7-8-6-12-10-9(8)4-3-5-11-10;1-2/h3-6H,7H2,1-2H3,(H,11,12);1-2H3. The van der Waals surface area contributed by atoms with E-state index in [1.807, 2.05) is 26.1 Å². The SMILES string of the molecule is CC.CN(C)Cc1c[nH]c2ncccc12. The first kappa shape index (κ1) is 11.7. The largest absolute Gasteiger partial charge is 0.346 e. The van der Waals surface area contributed by atoms with Crippen molar-refractivity contribution in [2.45, 2.75) is 20.4 Å². The fraction of sp³-hybridized carbons (Fsp3) is 0.417. The van der Waals surface area contributed by atoms with Gasteiger partial charge in [0.15, 0.2) is 0 Å². The van der Waals surface area contributed by atoms with Crippen LogP contribution in [0.5, 0.6) is 0 Å². The molecule has 0 saturated heterocycles. The summed E-state index contributed by atoms with van der Waals surface area (Å²) < 4.78 is 0. The summed E-state index contributed by atoms with van der Waals surface area (Å²) in [5.41, 5.74) is 2.27. The van der Waals surface area contributed by atoms with Gasteiger partial charge < -0.3 is 9.88 Å². The van der Waals surface area contributed by atoms with E-state index in [1.54, 1.807) is 6.20 Å². The Labute approximate surface area is 91.1 Å². The van der Waals surface area contributed by atoms with E-state index in [1.165, 1.54) is 10.9 Å². The second-order valence-electron chi connectivity index (χ2n) is 3.45. The highest BCUT2D eigenvalue weighted by atomic mass is 15.1. The minimum atomic E-state index is 0.950. The van der Waals surface area contributed by atoms with Crippen LogP contribution >= 0.6 is 0 Å². The smallest absolute Gasteiger partial charge is 0.137 e. The van der Waals surface area contributed by atoms with Gasteiger partial charge >= 0.3 is 0 Å². The molecule has 2 aromatic heterocycles. The van der Waals surface area contributed by atoms with Crippen molar-refractivity contribution in [3.05, 3.63) is 30.1 Å². The molecule has 0 aromatic carbocycles. The zero-order valence-electron chi connectivity index (χ0n) is 9.91. The fourth-order valence-electron chi connectivity index (χ4n) is 1.48. The molecule has 2 heterocycles. The second kappa shape index (κ2) is 5.51. The van der Waals surface area contributed by atoms with Crippen LogP contribution in [0.25, 0.3) is 11.0 Å². The molecule has 0 aliphatic carbocycles. The summed E-state index contributed by atoms with van der Waals surface area (Å²) in [5.74, 6) is 0. The van der Waals surface area contributed by atoms with Gasteiger partial charge in [-0.1, -0.05) is 13.8 Å². The van der Waals surface area contributed by atoms with Gasteiger partial charge in [0, 0.05) is 24.3 Å². The molecule has 0 bridgehead atoms. The predicted molar refractivity (Wildman–Crippen MR) is 64.8 cm³/mol. The Morgan fingerprint density at radius 1 is 1.33 bits per heavy atom. The molecule has 3 heteroatoms. The van der Waals surface area contributed by atoms with E-state index in [-0.39, 0.29) is 0 Å². The van der Waals surface area contributed by atoms with E-state index < -0.39 is 0 Å². The quantitative estimate of drug-likeness (QED) is 0.817. The zero-order valence-corrected chi connectivity index (χ0v) is 9.91. The van der Waals surface area contributed by atoms with Crippen molar-refractivity contribution in [3.63, 3.8) is 0 Å². The van der Waals surface area contributed by atoms with Gasteiger partial charge in [-0.2, -0.15) is 0 Å². The van der Waals surface area contributed by atoms with Gasteiger partial charge in [-0.05, 0) is 31.8 Å². The Kier molecular flexibility index (Phi) is 4.31. The molecule has 0 aliphatic rings. The first-order valence-corrected chi connectivity index (χ1v) is 5.33. The Morgan fingerprint density at radius 2 is 2.07 bits per heavy atom. The normalized spacial score (nSPS) is 10.2. The first-order chi connectivity index (χ1) is 7.27. The van der Waals surface area contributed by atoms with E-state index in [2.05, 4.69) is 35.0 Å². The van der Waals surface area contributed by atoms with Crippen LogP contribution in [0, 0.1) is 0 Å². The van der Waals surface area contributed by atoms with Crippen LogP contribution in [-0.2, 0) is 6.54 Å². The number of hydrogen-bond donors (Lipinski definition) is 1. The molecule has 0 aliphatic heterocycles. The molecule has 2 aromatic rings. The summed E-state index contributed by atoms with van der Waals surface area (Å²) in [4.78, 5) is 9.54. The first-order valence-electron chi connectivity index (χ1n) is 5.33. The maximum Gasteiger partial charge on any atom is 0.137 e. The summed E-state index contributed by atoms with van der Waals surface area (Å²) >= 11 is 0. The fourth-order valence-corrected chi connectivity index (χ4v) is 1.48.